The number of halogens is 2. The van der Waals surface area contributed by atoms with E-state index in [9.17, 15) is 13.6 Å². The maximum Gasteiger partial charge on any atom is 0.309 e. The first-order valence-electron chi connectivity index (χ1n) is 6.64. The lowest BCUT2D eigenvalue weighted by Gasteiger charge is -2.70. The monoisotopic (exact) mass is 298 g/mol. The molecule has 0 saturated heterocycles. The molecule has 6 heteroatoms. The van der Waals surface area contributed by atoms with Gasteiger partial charge in [0.2, 0.25) is 0 Å². The van der Waals surface area contributed by atoms with Gasteiger partial charge in [0, 0.05) is 11.0 Å². The Morgan fingerprint density at radius 2 is 1.76 bits per heavy atom. The SMILES string of the molecule is COc1ccc(C(F)(F)C23CC(C(=O)O)(C2)C3)cc1OC. The lowest BCUT2D eigenvalue weighted by Crippen LogP contribution is -2.70. The number of methoxy groups -OCH3 is 2. The van der Waals surface area contributed by atoms with Crippen molar-refractivity contribution in [3.05, 3.63) is 23.8 Å². The van der Waals surface area contributed by atoms with E-state index in [1.165, 1.54) is 32.4 Å². The summed E-state index contributed by atoms with van der Waals surface area (Å²) in [7, 11) is 2.83. The van der Waals surface area contributed by atoms with Gasteiger partial charge in [-0.3, -0.25) is 4.79 Å². The third-order valence-electron chi connectivity index (χ3n) is 4.90. The van der Waals surface area contributed by atoms with Gasteiger partial charge in [0.15, 0.2) is 11.5 Å². The second kappa shape index (κ2) is 4.08. The van der Waals surface area contributed by atoms with Crippen molar-refractivity contribution in [1.82, 2.24) is 0 Å². The summed E-state index contributed by atoms with van der Waals surface area (Å²) in [6.07, 6.45) is 0.115. The Bertz CT molecular complexity index is 592. The van der Waals surface area contributed by atoms with Crippen LogP contribution in [0, 0.1) is 10.8 Å². The summed E-state index contributed by atoms with van der Waals surface area (Å²) in [5.74, 6) is -3.40. The van der Waals surface area contributed by atoms with E-state index in [4.69, 9.17) is 14.6 Å². The van der Waals surface area contributed by atoms with Crippen LogP contribution in [0.4, 0.5) is 8.78 Å². The number of ether oxygens (including phenoxy) is 2. The van der Waals surface area contributed by atoms with Gasteiger partial charge < -0.3 is 14.6 Å². The van der Waals surface area contributed by atoms with Gasteiger partial charge in [0.05, 0.1) is 19.6 Å². The molecule has 1 aromatic carbocycles. The highest BCUT2D eigenvalue weighted by Crippen LogP contribution is 2.80. The Kier molecular flexibility index (Phi) is 2.74. The number of hydrogen-bond acceptors (Lipinski definition) is 3. The fraction of sp³-hybridized carbons (Fsp3) is 0.533. The largest absolute Gasteiger partial charge is 0.493 e. The van der Waals surface area contributed by atoms with Crippen LogP contribution in [0.15, 0.2) is 18.2 Å². The smallest absolute Gasteiger partial charge is 0.309 e. The van der Waals surface area contributed by atoms with Crippen molar-refractivity contribution >= 4 is 5.97 Å². The molecular weight excluding hydrogens is 282 g/mol. The van der Waals surface area contributed by atoms with E-state index >= 15 is 0 Å². The molecule has 0 heterocycles. The minimum Gasteiger partial charge on any atom is -0.493 e. The van der Waals surface area contributed by atoms with Crippen molar-refractivity contribution in [3.63, 3.8) is 0 Å². The first-order chi connectivity index (χ1) is 9.80. The average Bonchev–Trinajstić information content (AvgIpc) is 2.33. The van der Waals surface area contributed by atoms with Gasteiger partial charge in [-0.15, -0.1) is 0 Å². The zero-order valence-corrected chi connectivity index (χ0v) is 11.8. The maximum absolute atomic E-state index is 14.7. The van der Waals surface area contributed by atoms with E-state index in [1.54, 1.807) is 0 Å². The fourth-order valence-electron chi connectivity index (χ4n) is 3.69. The molecular formula is C15H16F2O4. The zero-order chi connectivity index (χ0) is 15.5. The standard InChI is InChI=1S/C15H16F2O4/c1-20-10-4-3-9(5-11(10)21-2)15(16,17)14-6-13(7-14,8-14)12(18)19/h3-5H,6-8H2,1-2H3,(H,18,19). The number of alkyl halides is 2. The van der Waals surface area contributed by atoms with Crippen LogP contribution in [0.1, 0.15) is 24.8 Å². The molecule has 3 aliphatic carbocycles. The molecule has 0 unspecified atom stereocenters. The van der Waals surface area contributed by atoms with Gasteiger partial charge >= 0.3 is 5.97 Å². The number of rotatable bonds is 5. The van der Waals surface area contributed by atoms with E-state index in [1.807, 2.05) is 0 Å². The van der Waals surface area contributed by atoms with E-state index < -0.39 is 22.7 Å². The third-order valence-corrected chi connectivity index (χ3v) is 4.90. The summed E-state index contributed by atoms with van der Waals surface area (Å²) < 4.78 is 39.5. The van der Waals surface area contributed by atoms with Gasteiger partial charge in [-0.25, -0.2) is 8.78 Å². The number of carboxylic acids is 1. The van der Waals surface area contributed by atoms with Crippen molar-refractivity contribution in [1.29, 1.82) is 0 Å². The second-order valence-corrected chi connectivity index (χ2v) is 6.04. The lowest BCUT2D eigenvalue weighted by atomic mass is 9.33. The highest BCUT2D eigenvalue weighted by molar-refractivity contribution is 5.79. The fourth-order valence-corrected chi connectivity index (χ4v) is 3.69. The Morgan fingerprint density at radius 3 is 2.24 bits per heavy atom. The van der Waals surface area contributed by atoms with Crippen LogP contribution < -0.4 is 9.47 Å². The van der Waals surface area contributed by atoms with Crippen molar-refractivity contribution in [2.45, 2.75) is 25.2 Å². The molecule has 3 saturated carbocycles. The van der Waals surface area contributed by atoms with Gasteiger partial charge in [-0.1, -0.05) is 0 Å². The molecule has 0 amide bonds. The summed E-state index contributed by atoms with van der Waals surface area (Å²) in [4.78, 5) is 11.0. The predicted molar refractivity (Wildman–Crippen MR) is 69.8 cm³/mol. The topological polar surface area (TPSA) is 55.8 Å². The number of hydrogen-bond donors (Lipinski definition) is 1. The van der Waals surface area contributed by atoms with E-state index in [0.29, 0.717) is 5.75 Å². The molecule has 0 aromatic heterocycles. The van der Waals surface area contributed by atoms with Crippen LogP contribution in [-0.2, 0) is 10.7 Å². The number of carbonyl (C=O) groups is 1. The van der Waals surface area contributed by atoms with Crippen LogP contribution in [0.5, 0.6) is 11.5 Å². The molecule has 1 N–H and O–H groups in total. The van der Waals surface area contributed by atoms with Crippen molar-refractivity contribution in [3.8, 4) is 11.5 Å². The zero-order valence-electron chi connectivity index (χ0n) is 11.8. The van der Waals surface area contributed by atoms with Crippen LogP contribution in [-0.4, -0.2) is 25.3 Å². The number of aliphatic carboxylic acids is 1. The Hall–Kier alpha value is -1.85. The van der Waals surface area contributed by atoms with Crippen molar-refractivity contribution in [2.75, 3.05) is 14.2 Å². The summed E-state index contributed by atoms with van der Waals surface area (Å²) in [5.41, 5.74) is -2.29. The number of carboxylic acid groups (broad SMARTS) is 1. The molecule has 2 bridgehead atoms. The summed E-state index contributed by atoms with van der Waals surface area (Å²) in [5, 5.41) is 9.05. The first-order valence-corrected chi connectivity index (χ1v) is 6.64. The molecule has 4 rings (SSSR count). The van der Waals surface area contributed by atoms with Gasteiger partial charge in [0.25, 0.3) is 5.92 Å². The van der Waals surface area contributed by atoms with E-state index in [2.05, 4.69) is 0 Å². The molecule has 21 heavy (non-hydrogen) atoms. The molecule has 0 radical (unpaired) electrons. The molecule has 3 aliphatic rings. The van der Waals surface area contributed by atoms with Crippen LogP contribution >= 0.6 is 0 Å². The second-order valence-electron chi connectivity index (χ2n) is 6.04. The Labute approximate surface area is 120 Å². The van der Waals surface area contributed by atoms with Gasteiger partial charge in [-0.2, -0.15) is 0 Å². The molecule has 4 nitrogen and oxygen atoms in total. The predicted octanol–water partition coefficient (Wildman–Crippen LogP) is 3.05. The Morgan fingerprint density at radius 1 is 1.19 bits per heavy atom. The van der Waals surface area contributed by atoms with Crippen LogP contribution in [0.2, 0.25) is 0 Å². The molecule has 0 atom stereocenters. The summed E-state index contributed by atoms with van der Waals surface area (Å²) in [6.45, 7) is 0. The van der Waals surface area contributed by atoms with Crippen molar-refractivity contribution < 1.29 is 28.2 Å². The normalized spacial score (nSPS) is 30.1. The Balaban J connectivity index is 1.89. The van der Waals surface area contributed by atoms with Gasteiger partial charge in [-0.05, 0) is 37.5 Å². The summed E-state index contributed by atoms with van der Waals surface area (Å²) in [6, 6.07) is 4.03. The molecule has 3 fully saturated rings. The average molecular weight is 298 g/mol. The lowest BCUT2D eigenvalue weighted by molar-refractivity contribution is -0.314. The van der Waals surface area contributed by atoms with Crippen molar-refractivity contribution in [2.24, 2.45) is 10.8 Å². The molecule has 114 valence electrons. The van der Waals surface area contributed by atoms with E-state index in [-0.39, 0.29) is 30.6 Å². The quantitative estimate of drug-likeness (QED) is 0.907. The molecule has 0 aliphatic heterocycles. The highest BCUT2D eigenvalue weighted by Gasteiger charge is 2.80. The van der Waals surface area contributed by atoms with Crippen LogP contribution in [0.3, 0.4) is 0 Å². The maximum atomic E-state index is 14.7. The highest BCUT2D eigenvalue weighted by atomic mass is 19.3. The first kappa shape index (κ1) is 14.1. The third kappa shape index (κ3) is 1.61. The van der Waals surface area contributed by atoms with Gasteiger partial charge in [0.1, 0.15) is 0 Å². The molecule has 1 aromatic rings. The van der Waals surface area contributed by atoms with E-state index in [0.717, 1.165) is 0 Å². The minimum absolute atomic E-state index is 0.0384. The molecule has 0 spiro atoms. The minimum atomic E-state index is -3.07. The number of benzene rings is 1. The summed E-state index contributed by atoms with van der Waals surface area (Å²) >= 11 is 0. The van der Waals surface area contributed by atoms with Crippen LogP contribution in [0.25, 0.3) is 0 Å².